The first-order chi connectivity index (χ1) is 16.8. The van der Waals surface area contributed by atoms with Crippen molar-refractivity contribution in [3.63, 3.8) is 0 Å². The molecular weight excluding hydrogens is 577 g/mol. The third-order valence-electron chi connectivity index (χ3n) is 6.28. The van der Waals surface area contributed by atoms with Crippen LogP contribution in [0.4, 0.5) is 22.7 Å². The quantitative estimate of drug-likeness (QED) is 0.314. The SMILES string of the molecule is O=C1CC(=O)N(c2ccc(NS(=O)(=O)Cc3ccccc3I)cc2)c2ccc3c(c2N1)CCCC3. The van der Waals surface area contributed by atoms with Crippen LogP contribution in [0.15, 0.2) is 60.7 Å². The maximum Gasteiger partial charge on any atom is 0.241 e. The lowest BCUT2D eigenvalue weighted by Gasteiger charge is -2.26. The first-order valence-electron chi connectivity index (χ1n) is 11.4. The van der Waals surface area contributed by atoms with Crippen molar-refractivity contribution >= 4 is 67.2 Å². The lowest BCUT2D eigenvalue weighted by molar-refractivity contribution is -0.124. The average molecular weight is 601 g/mol. The van der Waals surface area contributed by atoms with E-state index in [4.69, 9.17) is 0 Å². The predicted molar refractivity (Wildman–Crippen MR) is 145 cm³/mol. The van der Waals surface area contributed by atoms with E-state index >= 15 is 0 Å². The third-order valence-corrected chi connectivity index (χ3v) is 8.57. The number of nitrogens with one attached hydrogen (secondary N) is 2. The minimum absolute atomic E-state index is 0.134. The molecular formula is C26H24IN3O4S. The zero-order chi connectivity index (χ0) is 24.6. The van der Waals surface area contributed by atoms with Crippen LogP contribution in [0.2, 0.25) is 0 Å². The van der Waals surface area contributed by atoms with Crippen LogP contribution in [0.1, 0.15) is 36.0 Å². The van der Waals surface area contributed by atoms with Crippen molar-refractivity contribution in [2.75, 3.05) is 14.9 Å². The number of carbonyl (C=O) groups excluding carboxylic acids is 2. The van der Waals surface area contributed by atoms with Gasteiger partial charge in [-0.15, -0.1) is 0 Å². The number of hydrogen-bond donors (Lipinski definition) is 2. The van der Waals surface area contributed by atoms with Crippen molar-refractivity contribution < 1.29 is 18.0 Å². The van der Waals surface area contributed by atoms with Crippen molar-refractivity contribution in [2.24, 2.45) is 0 Å². The number of anilines is 4. The van der Waals surface area contributed by atoms with E-state index in [0.717, 1.165) is 40.4 Å². The number of benzene rings is 3. The fourth-order valence-electron chi connectivity index (χ4n) is 4.67. The van der Waals surface area contributed by atoms with E-state index in [1.54, 1.807) is 35.2 Å². The van der Waals surface area contributed by atoms with E-state index in [9.17, 15) is 18.0 Å². The van der Waals surface area contributed by atoms with Crippen LogP contribution >= 0.6 is 22.6 Å². The van der Waals surface area contributed by atoms with Crippen molar-refractivity contribution in [3.05, 3.63) is 80.9 Å². The van der Waals surface area contributed by atoms with Crippen molar-refractivity contribution in [1.82, 2.24) is 0 Å². The Kier molecular flexibility index (Phi) is 6.54. The number of aryl methyl sites for hydroxylation is 1. The minimum Gasteiger partial charge on any atom is -0.324 e. The molecule has 1 heterocycles. The summed E-state index contributed by atoms with van der Waals surface area (Å²) in [5.74, 6) is -0.785. The van der Waals surface area contributed by atoms with Gasteiger partial charge in [-0.2, -0.15) is 0 Å². The number of carbonyl (C=O) groups is 2. The number of halogens is 1. The summed E-state index contributed by atoms with van der Waals surface area (Å²) in [6, 6.07) is 17.9. The van der Waals surface area contributed by atoms with E-state index in [0.29, 0.717) is 22.7 Å². The Balaban J connectivity index is 1.43. The van der Waals surface area contributed by atoms with Crippen molar-refractivity contribution in [3.8, 4) is 0 Å². The lowest BCUT2D eigenvalue weighted by atomic mass is 9.89. The molecule has 2 amide bonds. The van der Waals surface area contributed by atoms with Gasteiger partial charge in [-0.1, -0.05) is 24.3 Å². The van der Waals surface area contributed by atoms with E-state index < -0.39 is 10.0 Å². The zero-order valence-corrected chi connectivity index (χ0v) is 21.9. The van der Waals surface area contributed by atoms with Crippen molar-refractivity contribution in [2.45, 2.75) is 37.9 Å². The Hall–Kier alpha value is -2.92. The number of amides is 2. The number of nitrogens with zero attached hydrogens (tertiary/aromatic N) is 1. The Morgan fingerprint density at radius 1 is 0.943 bits per heavy atom. The number of rotatable bonds is 5. The Labute approximate surface area is 218 Å². The van der Waals surface area contributed by atoms with Crippen LogP contribution in [0, 0.1) is 3.57 Å². The van der Waals surface area contributed by atoms with Crippen molar-refractivity contribution in [1.29, 1.82) is 0 Å². The van der Waals surface area contributed by atoms with Gasteiger partial charge in [0.05, 0.1) is 17.1 Å². The molecule has 0 aromatic heterocycles. The predicted octanol–water partition coefficient (Wildman–Crippen LogP) is 5.12. The third kappa shape index (κ3) is 5.06. The first-order valence-corrected chi connectivity index (χ1v) is 14.2. The van der Waals surface area contributed by atoms with Crippen LogP contribution in [0.25, 0.3) is 0 Å². The molecule has 0 radical (unpaired) electrons. The van der Waals surface area contributed by atoms with Gasteiger partial charge in [0.1, 0.15) is 6.42 Å². The summed E-state index contributed by atoms with van der Waals surface area (Å²) >= 11 is 2.12. The number of sulfonamides is 1. The van der Waals surface area contributed by atoms with Gasteiger partial charge in [0, 0.05) is 14.9 Å². The number of fused-ring (bicyclic) bond motifs is 3. The van der Waals surface area contributed by atoms with Gasteiger partial charge in [-0.05, 0) is 101 Å². The first kappa shape index (κ1) is 23.8. The van der Waals surface area contributed by atoms with Gasteiger partial charge in [0.25, 0.3) is 0 Å². The maximum absolute atomic E-state index is 13.1. The van der Waals surface area contributed by atoms with Gasteiger partial charge in [0.2, 0.25) is 21.8 Å². The van der Waals surface area contributed by atoms with Gasteiger partial charge >= 0.3 is 0 Å². The van der Waals surface area contributed by atoms with E-state index in [2.05, 4.69) is 32.6 Å². The summed E-state index contributed by atoms with van der Waals surface area (Å²) < 4.78 is 28.9. The summed E-state index contributed by atoms with van der Waals surface area (Å²) in [6.07, 6.45) is 3.73. The van der Waals surface area contributed by atoms with E-state index in [1.165, 1.54) is 5.56 Å². The van der Waals surface area contributed by atoms with Crippen LogP contribution in [0.3, 0.4) is 0 Å². The monoisotopic (exact) mass is 601 g/mol. The van der Waals surface area contributed by atoms with Crippen LogP contribution in [-0.2, 0) is 38.2 Å². The fourth-order valence-corrected chi connectivity index (χ4v) is 6.74. The van der Waals surface area contributed by atoms with Crippen LogP contribution in [0.5, 0.6) is 0 Å². The molecule has 7 nitrogen and oxygen atoms in total. The standard InChI is InChI=1S/C26H24IN3O4S/c27-22-8-4-2-6-18(22)16-35(33,34)29-19-10-12-20(13-11-19)30-23-14-9-17-5-1-3-7-21(17)26(23)28-24(31)15-25(30)32/h2,4,6,8-14,29H,1,3,5,7,15-16H2,(H,28,31). The van der Waals surface area contributed by atoms with Gasteiger partial charge < -0.3 is 5.32 Å². The molecule has 0 unspecified atom stereocenters. The highest BCUT2D eigenvalue weighted by atomic mass is 127. The zero-order valence-electron chi connectivity index (χ0n) is 18.9. The van der Waals surface area contributed by atoms with Crippen LogP contribution < -0.4 is 14.9 Å². The molecule has 3 aromatic carbocycles. The molecule has 35 heavy (non-hydrogen) atoms. The molecule has 0 atom stereocenters. The summed E-state index contributed by atoms with van der Waals surface area (Å²) in [5.41, 5.74) is 5.37. The molecule has 180 valence electrons. The molecule has 1 aliphatic heterocycles. The Morgan fingerprint density at radius 3 is 2.46 bits per heavy atom. The average Bonchev–Trinajstić information content (AvgIpc) is 2.95. The lowest BCUT2D eigenvalue weighted by Crippen LogP contribution is -2.26. The molecule has 2 N–H and O–H groups in total. The summed E-state index contributed by atoms with van der Waals surface area (Å²) in [7, 11) is -3.62. The van der Waals surface area contributed by atoms with Gasteiger partial charge in [-0.3, -0.25) is 19.2 Å². The molecule has 2 aliphatic rings. The molecule has 0 saturated carbocycles. The minimum atomic E-state index is -3.62. The van der Waals surface area contributed by atoms with E-state index in [1.807, 2.05) is 30.3 Å². The normalized spacial score (nSPS) is 15.6. The molecule has 0 fully saturated rings. The molecule has 5 rings (SSSR count). The summed E-state index contributed by atoms with van der Waals surface area (Å²) in [5, 5.41) is 2.96. The number of hydrogen-bond acceptors (Lipinski definition) is 4. The Bertz CT molecular complexity index is 1420. The van der Waals surface area contributed by atoms with Crippen LogP contribution in [-0.4, -0.2) is 20.2 Å². The molecule has 9 heteroatoms. The molecule has 0 bridgehead atoms. The largest absolute Gasteiger partial charge is 0.324 e. The van der Waals surface area contributed by atoms with Gasteiger partial charge in [0.15, 0.2) is 0 Å². The fraction of sp³-hybridized carbons (Fsp3) is 0.231. The molecule has 3 aromatic rings. The highest BCUT2D eigenvalue weighted by molar-refractivity contribution is 14.1. The summed E-state index contributed by atoms with van der Waals surface area (Å²) in [4.78, 5) is 27.1. The highest BCUT2D eigenvalue weighted by Gasteiger charge is 2.30. The summed E-state index contributed by atoms with van der Waals surface area (Å²) in [6.45, 7) is 0. The topological polar surface area (TPSA) is 95.6 Å². The maximum atomic E-state index is 13.1. The molecule has 0 saturated heterocycles. The van der Waals surface area contributed by atoms with Gasteiger partial charge in [-0.25, -0.2) is 8.42 Å². The second-order valence-electron chi connectivity index (χ2n) is 8.76. The Morgan fingerprint density at radius 2 is 1.69 bits per heavy atom. The smallest absolute Gasteiger partial charge is 0.241 e. The van der Waals surface area contributed by atoms with E-state index in [-0.39, 0.29) is 24.0 Å². The molecule has 1 aliphatic carbocycles. The molecule has 0 spiro atoms. The second-order valence-corrected chi connectivity index (χ2v) is 11.6. The highest BCUT2D eigenvalue weighted by Crippen LogP contribution is 2.41. The second kappa shape index (κ2) is 9.62.